The van der Waals surface area contributed by atoms with Gasteiger partial charge < -0.3 is 20.9 Å². The lowest BCUT2D eigenvalue weighted by Crippen LogP contribution is -2.35. The van der Waals surface area contributed by atoms with E-state index in [1.165, 1.54) is 0 Å². The molecule has 0 rings (SSSR count). The molecule has 0 fully saturated rings. The van der Waals surface area contributed by atoms with E-state index in [4.69, 9.17) is 16.2 Å². The molecule has 100 valence electrons. The number of hydrogen-bond donors (Lipinski definition) is 2. The van der Waals surface area contributed by atoms with Crippen molar-refractivity contribution in [2.45, 2.75) is 51.7 Å². The summed E-state index contributed by atoms with van der Waals surface area (Å²) in [7, 11) is 0. The van der Waals surface area contributed by atoms with Crippen LogP contribution in [0, 0.1) is 0 Å². The number of ether oxygens (including phenoxy) is 2. The van der Waals surface area contributed by atoms with Gasteiger partial charge in [-0.2, -0.15) is 0 Å². The van der Waals surface area contributed by atoms with Crippen molar-refractivity contribution in [3.05, 3.63) is 0 Å². The van der Waals surface area contributed by atoms with Crippen LogP contribution < -0.4 is 11.5 Å². The largest absolute Gasteiger partial charge is 0.516 e. The van der Waals surface area contributed by atoms with Gasteiger partial charge in [0.1, 0.15) is 11.6 Å². The molecule has 0 aliphatic carbocycles. The predicted molar refractivity (Wildman–Crippen MR) is 63.2 cm³/mol. The van der Waals surface area contributed by atoms with E-state index in [1.807, 2.05) is 0 Å². The maximum Gasteiger partial charge on any atom is 0.516 e. The smallest absolute Gasteiger partial charge is 0.428 e. The van der Waals surface area contributed by atoms with E-state index in [-0.39, 0.29) is 0 Å². The number of hydrogen-bond acceptors (Lipinski definition) is 6. The van der Waals surface area contributed by atoms with Gasteiger partial charge in [0.2, 0.25) is 0 Å². The normalized spacial score (nSPS) is 13.0. The number of unbranched alkanes of at least 4 members (excludes halogenated alkanes) is 1. The lowest BCUT2D eigenvalue weighted by molar-refractivity contribution is -0.143. The van der Waals surface area contributed by atoms with Crippen molar-refractivity contribution in [1.82, 2.24) is 0 Å². The van der Waals surface area contributed by atoms with Crippen LogP contribution in [0.1, 0.15) is 40.0 Å². The summed E-state index contributed by atoms with van der Waals surface area (Å²) < 4.78 is 9.29. The van der Waals surface area contributed by atoms with Crippen LogP contribution in [0.5, 0.6) is 0 Å². The SMILES string of the molecule is CC(C)(C)OC(=O)OC(=O)[C@@H](N)CCCCN. The molecule has 0 heterocycles. The quantitative estimate of drug-likeness (QED) is 0.424. The summed E-state index contributed by atoms with van der Waals surface area (Å²) in [5.41, 5.74) is 10.2. The third-order valence-electron chi connectivity index (χ3n) is 1.85. The van der Waals surface area contributed by atoms with Crippen LogP contribution in [0.3, 0.4) is 0 Å². The first-order chi connectivity index (χ1) is 7.76. The summed E-state index contributed by atoms with van der Waals surface area (Å²) >= 11 is 0. The Morgan fingerprint density at radius 3 is 2.29 bits per heavy atom. The van der Waals surface area contributed by atoms with Crippen LogP contribution >= 0.6 is 0 Å². The van der Waals surface area contributed by atoms with Crippen molar-refractivity contribution >= 4 is 12.1 Å². The maximum atomic E-state index is 11.4. The van der Waals surface area contributed by atoms with E-state index >= 15 is 0 Å². The van der Waals surface area contributed by atoms with Crippen LogP contribution in [0.2, 0.25) is 0 Å². The molecule has 4 N–H and O–H groups in total. The second kappa shape index (κ2) is 7.24. The zero-order chi connectivity index (χ0) is 13.5. The Morgan fingerprint density at radius 2 is 1.82 bits per heavy atom. The van der Waals surface area contributed by atoms with Gasteiger partial charge in [-0.05, 0) is 40.2 Å². The zero-order valence-corrected chi connectivity index (χ0v) is 10.7. The molecule has 0 radical (unpaired) electrons. The topological polar surface area (TPSA) is 105 Å². The Hall–Kier alpha value is -1.14. The molecule has 0 aromatic rings. The number of carbonyl (C=O) groups is 2. The van der Waals surface area contributed by atoms with Gasteiger partial charge in [0, 0.05) is 0 Å². The summed E-state index contributed by atoms with van der Waals surface area (Å²) in [4.78, 5) is 22.5. The van der Waals surface area contributed by atoms with Crippen LogP contribution in [0.4, 0.5) is 4.79 Å². The number of carbonyl (C=O) groups excluding carboxylic acids is 2. The highest BCUT2D eigenvalue weighted by Gasteiger charge is 2.23. The fourth-order valence-corrected chi connectivity index (χ4v) is 1.06. The molecule has 0 aliphatic rings. The van der Waals surface area contributed by atoms with Gasteiger partial charge in [0.15, 0.2) is 0 Å². The van der Waals surface area contributed by atoms with Crippen LogP contribution in [-0.4, -0.2) is 30.3 Å². The summed E-state index contributed by atoms with van der Waals surface area (Å²) in [6, 6.07) is -0.811. The molecule has 6 nitrogen and oxygen atoms in total. The Labute approximate surface area is 102 Å². The first-order valence-corrected chi connectivity index (χ1v) is 5.66. The van der Waals surface area contributed by atoms with E-state index in [1.54, 1.807) is 20.8 Å². The minimum atomic E-state index is -1.02. The molecule has 0 aliphatic heterocycles. The predicted octanol–water partition coefficient (Wildman–Crippen LogP) is 0.921. The molecule has 0 aromatic heterocycles. The van der Waals surface area contributed by atoms with Gasteiger partial charge in [-0.25, -0.2) is 9.59 Å². The highest BCUT2D eigenvalue weighted by molar-refractivity contribution is 5.85. The van der Waals surface area contributed by atoms with E-state index in [0.717, 1.165) is 12.8 Å². The standard InChI is InChI=1S/C11H22N2O4/c1-11(2,3)17-10(15)16-9(14)8(13)6-4-5-7-12/h8H,4-7,12-13H2,1-3H3/t8-/m0/s1. The molecule has 0 unspecified atom stereocenters. The van der Waals surface area contributed by atoms with Gasteiger partial charge >= 0.3 is 12.1 Å². The zero-order valence-electron chi connectivity index (χ0n) is 10.7. The van der Waals surface area contributed by atoms with Gasteiger partial charge in [-0.15, -0.1) is 0 Å². The molecule has 0 bridgehead atoms. The third kappa shape index (κ3) is 8.65. The van der Waals surface area contributed by atoms with Crippen molar-refractivity contribution in [1.29, 1.82) is 0 Å². The van der Waals surface area contributed by atoms with Gasteiger partial charge in [0.05, 0.1) is 0 Å². The Bertz CT molecular complexity index is 261. The first kappa shape index (κ1) is 15.9. The molecule has 0 aromatic carbocycles. The molecule has 0 amide bonds. The van der Waals surface area contributed by atoms with Crippen LogP contribution in [-0.2, 0) is 14.3 Å². The van der Waals surface area contributed by atoms with Crippen LogP contribution in [0.25, 0.3) is 0 Å². The van der Waals surface area contributed by atoms with Gasteiger partial charge in [0.25, 0.3) is 0 Å². The number of nitrogens with two attached hydrogens (primary N) is 2. The average molecular weight is 246 g/mol. The Kier molecular flexibility index (Phi) is 6.75. The molecular weight excluding hydrogens is 224 g/mol. The van der Waals surface area contributed by atoms with E-state index in [2.05, 4.69) is 4.74 Å². The molecule has 0 spiro atoms. The molecule has 6 heteroatoms. The lowest BCUT2D eigenvalue weighted by atomic mass is 10.1. The van der Waals surface area contributed by atoms with Gasteiger partial charge in [-0.1, -0.05) is 6.42 Å². The lowest BCUT2D eigenvalue weighted by Gasteiger charge is -2.19. The summed E-state index contributed by atoms with van der Waals surface area (Å²) in [6.45, 7) is 5.59. The number of esters is 1. The highest BCUT2D eigenvalue weighted by Crippen LogP contribution is 2.09. The minimum Gasteiger partial charge on any atom is -0.428 e. The Morgan fingerprint density at radius 1 is 1.24 bits per heavy atom. The second-order valence-corrected chi connectivity index (χ2v) is 4.78. The fraction of sp³-hybridized carbons (Fsp3) is 0.818. The maximum absolute atomic E-state index is 11.4. The summed E-state index contributed by atoms with van der Waals surface area (Å²) in [5.74, 6) is -0.767. The molecular formula is C11H22N2O4. The Balaban J connectivity index is 3.95. The molecule has 17 heavy (non-hydrogen) atoms. The first-order valence-electron chi connectivity index (χ1n) is 5.66. The highest BCUT2D eigenvalue weighted by atomic mass is 16.7. The fourth-order valence-electron chi connectivity index (χ4n) is 1.06. The third-order valence-corrected chi connectivity index (χ3v) is 1.85. The summed E-state index contributed by atoms with van der Waals surface area (Å²) in [5, 5.41) is 0. The minimum absolute atomic E-state index is 0.443. The van der Waals surface area contributed by atoms with Crippen LogP contribution in [0.15, 0.2) is 0 Å². The number of rotatable bonds is 5. The summed E-state index contributed by atoms with van der Waals surface area (Å²) in [6.07, 6.45) is 0.935. The van der Waals surface area contributed by atoms with E-state index in [9.17, 15) is 9.59 Å². The average Bonchev–Trinajstić information content (AvgIpc) is 2.14. The van der Waals surface area contributed by atoms with Crippen molar-refractivity contribution < 1.29 is 19.1 Å². The monoisotopic (exact) mass is 246 g/mol. The van der Waals surface area contributed by atoms with E-state index in [0.29, 0.717) is 13.0 Å². The molecule has 0 saturated carbocycles. The van der Waals surface area contributed by atoms with Crippen molar-refractivity contribution in [2.75, 3.05) is 6.54 Å². The van der Waals surface area contributed by atoms with Crippen molar-refractivity contribution in [3.8, 4) is 0 Å². The van der Waals surface area contributed by atoms with Crippen molar-refractivity contribution in [2.24, 2.45) is 11.5 Å². The molecule has 0 saturated heterocycles. The van der Waals surface area contributed by atoms with Crippen molar-refractivity contribution in [3.63, 3.8) is 0 Å². The van der Waals surface area contributed by atoms with E-state index < -0.39 is 23.8 Å². The second-order valence-electron chi connectivity index (χ2n) is 4.78. The van der Waals surface area contributed by atoms with Gasteiger partial charge in [-0.3, -0.25) is 0 Å². The molecule has 1 atom stereocenters.